The maximum Gasteiger partial charge on any atom is 0.271 e. The molecule has 7 nitrogen and oxygen atoms in total. The van der Waals surface area contributed by atoms with Crippen molar-refractivity contribution in [1.82, 2.24) is 25.0 Å². The maximum absolute atomic E-state index is 12.6. The maximum atomic E-state index is 12.6. The van der Waals surface area contributed by atoms with E-state index in [1.165, 1.54) is 11.3 Å². The van der Waals surface area contributed by atoms with E-state index in [1.807, 2.05) is 36.6 Å². The third kappa shape index (κ3) is 4.19. The Morgan fingerprint density at radius 2 is 2.00 bits per heavy atom. The molecule has 152 valence electrons. The molecule has 0 fully saturated rings. The van der Waals surface area contributed by atoms with Gasteiger partial charge < -0.3 is 15.0 Å². The Hall–Kier alpha value is -3.23. The quantitative estimate of drug-likeness (QED) is 0.478. The van der Waals surface area contributed by atoms with Gasteiger partial charge >= 0.3 is 0 Å². The topological polar surface area (TPSA) is 88.4 Å². The van der Waals surface area contributed by atoms with Crippen molar-refractivity contribution in [2.45, 2.75) is 13.5 Å². The molecular formula is C21H18ClN5O2S. The summed E-state index contributed by atoms with van der Waals surface area (Å²) in [7, 11) is 0. The molecule has 0 saturated heterocycles. The van der Waals surface area contributed by atoms with E-state index in [0.717, 1.165) is 16.3 Å². The van der Waals surface area contributed by atoms with Crippen LogP contribution in [0.25, 0.3) is 16.2 Å². The molecule has 0 aliphatic rings. The van der Waals surface area contributed by atoms with Gasteiger partial charge in [0, 0.05) is 34.9 Å². The van der Waals surface area contributed by atoms with E-state index in [1.54, 1.807) is 28.9 Å². The van der Waals surface area contributed by atoms with Crippen molar-refractivity contribution >= 4 is 40.4 Å². The minimum Gasteiger partial charge on any atom is -0.352 e. The van der Waals surface area contributed by atoms with Crippen molar-refractivity contribution in [3.05, 3.63) is 76.1 Å². The van der Waals surface area contributed by atoms with Crippen molar-refractivity contribution < 1.29 is 9.59 Å². The first-order valence-corrected chi connectivity index (χ1v) is 10.6. The summed E-state index contributed by atoms with van der Waals surface area (Å²) in [6.45, 7) is 2.63. The monoisotopic (exact) mass is 439 g/mol. The van der Waals surface area contributed by atoms with Crippen LogP contribution in [0.5, 0.6) is 0 Å². The van der Waals surface area contributed by atoms with Crippen LogP contribution in [-0.4, -0.2) is 32.7 Å². The van der Waals surface area contributed by atoms with Crippen molar-refractivity contribution in [2.24, 2.45) is 0 Å². The van der Waals surface area contributed by atoms with E-state index in [4.69, 9.17) is 11.6 Å². The van der Waals surface area contributed by atoms with E-state index in [9.17, 15) is 9.59 Å². The second kappa shape index (κ2) is 8.64. The van der Waals surface area contributed by atoms with Gasteiger partial charge in [-0.3, -0.25) is 9.59 Å². The molecule has 0 saturated carbocycles. The Morgan fingerprint density at radius 1 is 1.13 bits per heavy atom. The van der Waals surface area contributed by atoms with Crippen LogP contribution in [0.3, 0.4) is 0 Å². The zero-order chi connectivity index (χ0) is 21.1. The third-order valence-corrected chi connectivity index (χ3v) is 5.53. The van der Waals surface area contributed by atoms with E-state index < -0.39 is 0 Å². The van der Waals surface area contributed by atoms with E-state index >= 15 is 0 Å². The summed E-state index contributed by atoms with van der Waals surface area (Å²) in [5.41, 5.74) is 2.77. The summed E-state index contributed by atoms with van der Waals surface area (Å²) >= 11 is 7.53. The first-order valence-electron chi connectivity index (χ1n) is 9.29. The predicted molar refractivity (Wildman–Crippen MR) is 117 cm³/mol. The number of thiazole rings is 1. The van der Waals surface area contributed by atoms with Gasteiger partial charge in [-0.15, -0.1) is 11.3 Å². The van der Waals surface area contributed by atoms with Crippen molar-refractivity contribution in [3.8, 4) is 10.6 Å². The Bertz CT molecular complexity index is 1230. The highest BCUT2D eigenvalue weighted by molar-refractivity contribution is 7.13. The van der Waals surface area contributed by atoms with Crippen LogP contribution in [0.15, 0.2) is 54.2 Å². The molecular weight excluding hydrogens is 422 g/mol. The third-order valence-electron chi connectivity index (χ3n) is 4.35. The van der Waals surface area contributed by atoms with Gasteiger partial charge in [0.2, 0.25) is 0 Å². The van der Waals surface area contributed by atoms with Crippen LogP contribution in [0.1, 0.15) is 33.5 Å². The zero-order valence-corrected chi connectivity index (χ0v) is 17.6. The number of carbonyl (C=O) groups excluding carboxylic acids is 2. The number of fused-ring (bicyclic) bond motifs is 1. The number of benzene rings is 1. The van der Waals surface area contributed by atoms with Gasteiger partial charge in [0.15, 0.2) is 5.65 Å². The number of imidazole rings is 1. The second-order valence-corrected chi connectivity index (χ2v) is 7.77. The van der Waals surface area contributed by atoms with Gasteiger partial charge in [0.1, 0.15) is 10.7 Å². The number of aromatic nitrogens is 3. The van der Waals surface area contributed by atoms with Crippen LogP contribution in [0.2, 0.25) is 5.02 Å². The Kier molecular flexibility index (Phi) is 5.78. The Labute approximate surface area is 181 Å². The highest BCUT2D eigenvalue weighted by Crippen LogP contribution is 2.26. The fourth-order valence-electron chi connectivity index (χ4n) is 2.96. The molecule has 0 radical (unpaired) electrons. The van der Waals surface area contributed by atoms with Gasteiger partial charge in [0.05, 0.1) is 17.8 Å². The molecule has 0 bridgehead atoms. The van der Waals surface area contributed by atoms with Crippen molar-refractivity contribution in [3.63, 3.8) is 0 Å². The van der Waals surface area contributed by atoms with Gasteiger partial charge in [-0.25, -0.2) is 9.97 Å². The molecule has 4 rings (SSSR count). The summed E-state index contributed by atoms with van der Waals surface area (Å²) in [4.78, 5) is 33.7. The van der Waals surface area contributed by atoms with Crippen LogP contribution in [-0.2, 0) is 6.54 Å². The number of nitrogens with zero attached hydrogens (tertiary/aromatic N) is 3. The SMILES string of the molecule is CCNC(=O)c1cccn2cc(C(=O)NCc3csc(-c4cccc(Cl)c4)n3)nc12. The summed E-state index contributed by atoms with van der Waals surface area (Å²) in [6.07, 6.45) is 3.35. The van der Waals surface area contributed by atoms with Crippen molar-refractivity contribution in [1.29, 1.82) is 0 Å². The minimum absolute atomic E-state index is 0.225. The Balaban J connectivity index is 1.48. The molecule has 30 heavy (non-hydrogen) atoms. The summed E-state index contributed by atoms with van der Waals surface area (Å²) < 4.78 is 1.67. The number of rotatable bonds is 6. The molecule has 0 unspecified atom stereocenters. The molecule has 0 aliphatic carbocycles. The fourth-order valence-corrected chi connectivity index (χ4v) is 3.97. The molecule has 4 aromatic rings. The standard InChI is InChI=1S/C21H18ClN5O2S/c1-2-23-19(28)16-7-4-8-27-11-17(26-18(16)27)20(29)24-10-15-12-30-21(25-15)13-5-3-6-14(22)9-13/h3-9,11-12H,2,10H2,1H3,(H,23,28)(H,24,29). The molecule has 0 atom stereocenters. The zero-order valence-electron chi connectivity index (χ0n) is 16.1. The number of pyridine rings is 1. The van der Waals surface area contributed by atoms with E-state index in [0.29, 0.717) is 22.8 Å². The highest BCUT2D eigenvalue weighted by atomic mass is 35.5. The van der Waals surface area contributed by atoms with E-state index in [2.05, 4.69) is 20.6 Å². The lowest BCUT2D eigenvalue weighted by Gasteiger charge is -2.03. The van der Waals surface area contributed by atoms with Gasteiger partial charge in [-0.1, -0.05) is 23.7 Å². The van der Waals surface area contributed by atoms with Crippen LogP contribution in [0.4, 0.5) is 0 Å². The number of amides is 2. The summed E-state index contributed by atoms with van der Waals surface area (Å²) in [5, 5.41) is 8.96. The number of hydrogen-bond donors (Lipinski definition) is 2. The molecule has 2 amide bonds. The molecule has 2 N–H and O–H groups in total. The molecule has 0 aliphatic heterocycles. The fraction of sp³-hybridized carbons (Fsp3) is 0.143. The lowest BCUT2D eigenvalue weighted by Crippen LogP contribution is -2.24. The number of nitrogens with one attached hydrogen (secondary N) is 2. The number of carbonyl (C=O) groups is 2. The average Bonchev–Trinajstić information content (AvgIpc) is 3.39. The first-order chi connectivity index (χ1) is 14.5. The first kappa shape index (κ1) is 20.1. The molecule has 0 spiro atoms. The van der Waals surface area contributed by atoms with Crippen molar-refractivity contribution in [2.75, 3.05) is 6.54 Å². The van der Waals surface area contributed by atoms with Crippen LogP contribution in [0, 0.1) is 0 Å². The van der Waals surface area contributed by atoms with Gasteiger partial charge in [-0.2, -0.15) is 0 Å². The van der Waals surface area contributed by atoms with E-state index in [-0.39, 0.29) is 24.1 Å². The molecule has 3 aromatic heterocycles. The smallest absolute Gasteiger partial charge is 0.271 e. The highest BCUT2D eigenvalue weighted by Gasteiger charge is 2.16. The van der Waals surface area contributed by atoms with Gasteiger partial charge in [0.25, 0.3) is 11.8 Å². The lowest BCUT2D eigenvalue weighted by molar-refractivity contribution is 0.0940. The summed E-state index contributed by atoms with van der Waals surface area (Å²) in [6, 6.07) is 10.9. The van der Waals surface area contributed by atoms with Crippen LogP contribution < -0.4 is 10.6 Å². The summed E-state index contributed by atoms with van der Waals surface area (Å²) in [5.74, 6) is -0.561. The number of hydrogen-bond acceptors (Lipinski definition) is 5. The average molecular weight is 440 g/mol. The second-order valence-electron chi connectivity index (χ2n) is 6.48. The van der Waals surface area contributed by atoms with Gasteiger partial charge in [-0.05, 0) is 31.2 Å². The molecule has 3 heterocycles. The van der Waals surface area contributed by atoms with Crippen LogP contribution >= 0.6 is 22.9 Å². The predicted octanol–water partition coefficient (Wildman–Crippen LogP) is 3.79. The Morgan fingerprint density at radius 3 is 2.80 bits per heavy atom. The number of halogens is 1. The normalized spacial score (nSPS) is 10.9. The molecule has 9 heteroatoms. The molecule has 1 aromatic carbocycles. The largest absolute Gasteiger partial charge is 0.352 e. The lowest BCUT2D eigenvalue weighted by atomic mass is 10.2. The minimum atomic E-state index is -0.335.